The van der Waals surface area contributed by atoms with Crippen molar-refractivity contribution in [3.05, 3.63) is 65.7 Å². The number of carbonyl (C=O) groups excluding carboxylic acids is 2. The number of pyridine rings is 1. The lowest BCUT2D eigenvalue weighted by atomic mass is 10.2. The SMILES string of the molecule is CC(C)CNC(=O)c1nc(C(=O)Nc2ccccc2C#N)n2ccccc12. The van der Waals surface area contributed by atoms with Gasteiger partial charge in [0.25, 0.3) is 11.8 Å². The lowest BCUT2D eigenvalue weighted by Gasteiger charge is -2.05. The molecule has 0 saturated heterocycles. The van der Waals surface area contributed by atoms with Gasteiger partial charge in [-0.3, -0.25) is 14.0 Å². The zero-order valence-electron chi connectivity index (χ0n) is 15.1. The number of nitrogens with one attached hydrogen (secondary N) is 2. The largest absolute Gasteiger partial charge is 0.350 e. The molecule has 2 amide bonds. The van der Waals surface area contributed by atoms with Gasteiger partial charge in [-0.05, 0) is 30.2 Å². The monoisotopic (exact) mass is 361 g/mol. The van der Waals surface area contributed by atoms with E-state index in [9.17, 15) is 14.9 Å². The van der Waals surface area contributed by atoms with Gasteiger partial charge in [0.15, 0.2) is 5.69 Å². The molecule has 2 aromatic heterocycles. The van der Waals surface area contributed by atoms with Crippen molar-refractivity contribution < 1.29 is 9.59 Å². The average molecular weight is 361 g/mol. The Hall–Kier alpha value is -3.66. The maximum Gasteiger partial charge on any atom is 0.292 e. The molecule has 0 fully saturated rings. The van der Waals surface area contributed by atoms with Crippen LogP contribution in [0.5, 0.6) is 0 Å². The van der Waals surface area contributed by atoms with Gasteiger partial charge in [-0.25, -0.2) is 4.98 Å². The predicted molar refractivity (Wildman–Crippen MR) is 101 cm³/mol. The van der Waals surface area contributed by atoms with Crippen LogP contribution in [0.15, 0.2) is 48.7 Å². The summed E-state index contributed by atoms with van der Waals surface area (Å²) in [6.45, 7) is 4.51. The number of rotatable bonds is 5. The second-order valence-corrected chi connectivity index (χ2v) is 6.46. The zero-order chi connectivity index (χ0) is 19.4. The van der Waals surface area contributed by atoms with Crippen LogP contribution in [0, 0.1) is 17.2 Å². The molecule has 0 saturated carbocycles. The average Bonchev–Trinajstić information content (AvgIpc) is 3.06. The van der Waals surface area contributed by atoms with Gasteiger partial charge < -0.3 is 10.6 Å². The fourth-order valence-electron chi connectivity index (χ4n) is 2.61. The van der Waals surface area contributed by atoms with E-state index in [1.54, 1.807) is 53.1 Å². The lowest BCUT2D eigenvalue weighted by Crippen LogP contribution is -2.27. The Morgan fingerprint density at radius 3 is 2.63 bits per heavy atom. The molecule has 0 atom stereocenters. The number of hydrogen-bond donors (Lipinski definition) is 2. The zero-order valence-corrected chi connectivity index (χ0v) is 15.1. The molecule has 0 aliphatic carbocycles. The number of imidazole rings is 1. The van der Waals surface area contributed by atoms with Crippen molar-refractivity contribution in [2.75, 3.05) is 11.9 Å². The van der Waals surface area contributed by atoms with Gasteiger partial charge in [0, 0.05) is 12.7 Å². The summed E-state index contributed by atoms with van der Waals surface area (Å²) in [6, 6.07) is 14.0. The van der Waals surface area contributed by atoms with E-state index in [2.05, 4.69) is 15.6 Å². The van der Waals surface area contributed by atoms with Gasteiger partial charge in [0.2, 0.25) is 5.82 Å². The Balaban J connectivity index is 1.96. The number of aromatic nitrogens is 2. The van der Waals surface area contributed by atoms with Gasteiger partial charge in [-0.15, -0.1) is 0 Å². The molecule has 27 heavy (non-hydrogen) atoms. The molecular weight excluding hydrogens is 342 g/mol. The summed E-state index contributed by atoms with van der Waals surface area (Å²) in [4.78, 5) is 29.5. The summed E-state index contributed by atoms with van der Waals surface area (Å²) in [7, 11) is 0. The smallest absolute Gasteiger partial charge is 0.292 e. The number of anilines is 1. The van der Waals surface area contributed by atoms with Crippen LogP contribution in [-0.4, -0.2) is 27.7 Å². The Bertz CT molecular complexity index is 1050. The quantitative estimate of drug-likeness (QED) is 0.730. The highest BCUT2D eigenvalue weighted by Gasteiger charge is 2.22. The van der Waals surface area contributed by atoms with Crippen molar-refractivity contribution in [2.45, 2.75) is 13.8 Å². The van der Waals surface area contributed by atoms with Crippen molar-refractivity contribution in [3.63, 3.8) is 0 Å². The third-order valence-electron chi connectivity index (χ3n) is 3.93. The summed E-state index contributed by atoms with van der Waals surface area (Å²) in [5.74, 6) is -0.452. The Morgan fingerprint density at radius 1 is 1.15 bits per heavy atom. The van der Waals surface area contributed by atoms with Crippen LogP contribution in [0.4, 0.5) is 5.69 Å². The highest BCUT2D eigenvalue weighted by molar-refractivity contribution is 6.06. The predicted octanol–water partition coefficient (Wildman–Crippen LogP) is 2.84. The van der Waals surface area contributed by atoms with Crippen molar-refractivity contribution >= 4 is 23.0 Å². The van der Waals surface area contributed by atoms with E-state index >= 15 is 0 Å². The molecule has 7 nitrogen and oxygen atoms in total. The van der Waals surface area contributed by atoms with Crippen LogP contribution in [0.1, 0.15) is 40.5 Å². The minimum atomic E-state index is -0.498. The maximum absolute atomic E-state index is 12.8. The summed E-state index contributed by atoms with van der Waals surface area (Å²) < 4.78 is 1.56. The normalized spacial score (nSPS) is 10.6. The molecule has 0 radical (unpaired) electrons. The summed E-state index contributed by atoms with van der Waals surface area (Å²) in [5.41, 5.74) is 1.47. The first-order chi connectivity index (χ1) is 13.0. The number of benzene rings is 1. The molecule has 3 rings (SSSR count). The molecule has 0 aliphatic heterocycles. The highest BCUT2D eigenvalue weighted by Crippen LogP contribution is 2.17. The fraction of sp³-hybridized carbons (Fsp3) is 0.200. The molecule has 0 aliphatic rings. The first-order valence-corrected chi connectivity index (χ1v) is 8.57. The number of para-hydroxylation sites is 1. The summed E-state index contributed by atoms with van der Waals surface area (Å²) in [5, 5.41) is 14.7. The summed E-state index contributed by atoms with van der Waals surface area (Å²) >= 11 is 0. The van der Waals surface area contributed by atoms with Crippen molar-refractivity contribution in [1.82, 2.24) is 14.7 Å². The lowest BCUT2D eigenvalue weighted by molar-refractivity contribution is 0.0946. The second-order valence-electron chi connectivity index (χ2n) is 6.46. The third-order valence-corrected chi connectivity index (χ3v) is 3.93. The van der Waals surface area contributed by atoms with E-state index in [0.717, 1.165) is 0 Å². The number of fused-ring (bicyclic) bond motifs is 1. The fourth-order valence-corrected chi connectivity index (χ4v) is 2.61. The Labute approximate surface area is 156 Å². The molecule has 2 heterocycles. The summed E-state index contributed by atoms with van der Waals surface area (Å²) in [6.07, 6.45) is 1.67. The first kappa shape index (κ1) is 18.1. The van der Waals surface area contributed by atoms with E-state index < -0.39 is 5.91 Å². The van der Waals surface area contributed by atoms with Crippen molar-refractivity contribution in [2.24, 2.45) is 5.92 Å². The number of nitriles is 1. The van der Waals surface area contributed by atoms with E-state index in [1.807, 2.05) is 19.9 Å². The Morgan fingerprint density at radius 2 is 1.89 bits per heavy atom. The minimum Gasteiger partial charge on any atom is -0.350 e. The number of carbonyl (C=O) groups is 2. The number of nitrogens with zero attached hydrogens (tertiary/aromatic N) is 3. The highest BCUT2D eigenvalue weighted by atomic mass is 16.2. The second kappa shape index (κ2) is 7.70. The molecule has 0 bridgehead atoms. The van der Waals surface area contributed by atoms with Crippen molar-refractivity contribution in [1.29, 1.82) is 5.26 Å². The molecule has 7 heteroatoms. The van der Waals surface area contributed by atoms with Crippen LogP contribution in [0.3, 0.4) is 0 Å². The standard InChI is InChI=1S/C20H19N5O2/c1-13(2)12-22-19(26)17-16-9-5-6-10-25(16)18(24-17)20(27)23-15-8-4-3-7-14(15)11-21/h3-10,13H,12H2,1-2H3,(H,22,26)(H,23,27). The van der Waals surface area contributed by atoms with Gasteiger partial charge in [0.1, 0.15) is 6.07 Å². The maximum atomic E-state index is 12.8. The molecule has 2 N–H and O–H groups in total. The van der Waals surface area contributed by atoms with Gasteiger partial charge >= 0.3 is 0 Å². The molecule has 1 aromatic carbocycles. The number of hydrogen-bond acceptors (Lipinski definition) is 4. The number of amides is 2. The van der Waals surface area contributed by atoms with Gasteiger partial charge in [0.05, 0.1) is 16.8 Å². The van der Waals surface area contributed by atoms with Crippen LogP contribution in [-0.2, 0) is 0 Å². The minimum absolute atomic E-state index is 0.0769. The Kier molecular flexibility index (Phi) is 5.18. The van der Waals surface area contributed by atoms with Crippen LogP contribution in [0.25, 0.3) is 5.52 Å². The van der Waals surface area contributed by atoms with E-state index in [1.165, 1.54) is 0 Å². The van der Waals surface area contributed by atoms with Crippen LogP contribution >= 0.6 is 0 Å². The van der Waals surface area contributed by atoms with Gasteiger partial charge in [-0.1, -0.05) is 32.0 Å². The first-order valence-electron chi connectivity index (χ1n) is 8.57. The van der Waals surface area contributed by atoms with E-state index in [4.69, 9.17) is 0 Å². The van der Waals surface area contributed by atoms with Gasteiger partial charge in [-0.2, -0.15) is 5.26 Å². The topological polar surface area (TPSA) is 99.3 Å². The molecule has 0 spiro atoms. The van der Waals surface area contributed by atoms with Crippen molar-refractivity contribution in [3.8, 4) is 6.07 Å². The van der Waals surface area contributed by atoms with E-state index in [0.29, 0.717) is 29.2 Å². The third kappa shape index (κ3) is 3.80. The van der Waals surface area contributed by atoms with Crippen LogP contribution in [0.2, 0.25) is 0 Å². The molecule has 136 valence electrons. The van der Waals surface area contributed by atoms with E-state index in [-0.39, 0.29) is 17.4 Å². The van der Waals surface area contributed by atoms with Crippen LogP contribution < -0.4 is 10.6 Å². The molecular formula is C20H19N5O2. The molecule has 3 aromatic rings. The molecule has 0 unspecified atom stereocenters.